The number of rotatable bonds is 2. The summed E-state index contributed by atoms with van der Waals surface area (Å²) in [5, 5.41) is 0. The Morgan fingerprint density at radius 1 is 1.11 bits per heavy atom. The van der Waals surface area contributed by atoms with Gasteiger partial charge in [0.25, 0.3) is 0 Å². The molecule has 2 aliphatic carbocycles. The summed E-state index contributed by atoms with van der Waals surface area (Å²) in [5.74, 6) is 5.04. The van der Waals surface area contributed by atoms with Gasteiger partial charge in [0.1, 0.15) is 0 Å². The number of nitrogens with zero attached hydrogens (tertiary/aromatic N) is 2. The van der Waals surface area contributed by atoms with Crippen LogP contribution in [0.15, 0.2) is 4.99 Å². The maximum absolute atomic E-state index is 6.15. The van der Waals surface area contributed by atoms with E-state index in [1.807, 2.05) is 11.8 Å². The van der Waals surface area contributed by atoms with Crippen LogP contribution in [0.25, 0.3) is 0 Å². The Bertz CT molecular complexity index is 306. The first kappa shape index (κ1) is 12.6. The molecule has 102 valence electrons. The normalized spacial score (nSPS) is 34.7. The smallest absolute Gasteiger partial charge is 0.191 e. The van der Waals surface area contributed by atoms with Gasteiger partial charge in [-0.3, -0.25) is 0 Å². The van der Waals surface area contributed by atoms with Gasteiger partial charge < -0.3 is 10.6 Å². The lowest BCUT2D eigenvalue weighted by Gasteiger charge is -2.27. The van der Waals surface area contributed by atoms with E-state index in [9.17, 15) is 0 Å². The van der Waals surface area contributed by atoms with Crippen LogP contribution < -0.4 is 5.73 Å². The molecule has 0 amide bonds. The highest BCUT2D eigenvalue weighted by molar-refractivity contribution is 7.99. The lowest BCUT2D eigenvalue weighted by molar-refractivity contribution is 0.318. The van der Waals surface area contributed by atoms with Gasteiger partial charge in [-0.15, -0.1) is 0 Å². The van der Waals surface area contributed by atoms with Crippen molar-refractivity contribution in [2.75, 3.05) is 24.6 Å². The van der Waals surface area contributed by atoms with Gasteiger partial charge in [0.05, 0.1) is 6.04 Å². The van der Waals surface area contributed by atoms with Crippen molar-refractivity contribution in [3.63, 3.8) is 0 Å². The second-order valence-electron chi connectivity index (χ2n) is 5.95. The quantitative estimate of drug-likeness (QED) is 0.617. The van der Waals surface area contributed by atoms with Crippen LogP contribution >= 0.6 is 11.8 Å². The van der Waals surface area contributed by atoms with Crippen LogP contribution in [-0.4, -0.2) is 41.5 Å². The molecular weight excluding hydrogens is 242 g/mol. The topological polar surface area (TPSA) is 41.6 Å². The first-order valence-electron chi connectivity index (χ1n) is 7.50. The third-order valence-corrected chi connectivity index (χ3v) is 5.64. The molecule has 2 saturated carbocycles. The minimum absolute atomic E-state index is 0.558. The van der Waals surface area contributed by atoms with Crippen molar-refractivity contribution in [3.05, 3.63) is 0 Å². The highest BCUT2D eigenvalue weighted by atomic mass is 32.2. The zero-order chi connectivity index (χ0) is 12.4. The molecule has 0 spiro atoms. The SMILES string of the molecule is NC(=N[C@@H]1C[C@H]1C1CCCCC1)N1CCSCC1. The van der Waals surface area contributed by atoms with Gasteiger partial charge in [0.2, 0.25) is 0 Å². The number of thioether (sulfide) groups is 1. The Kier molecular flexibility index (Phi) is 4.02. The number of guanidine groups is 1. The summed E-state index contributed by atoms with van der Waals surface area (Å²) in [7, 11) is 0. The first-order valence-corrected chi connectivity index (χ1v) is 8.66. The van der Waals surface area contributed by atoms with Crippen molar-refractivity contribution in [1.29, 1.82) is 0 Å². The van der Waals surface area contributed by atoms with Gasteiger partial charge in [-0.25, -0.2) is 4.99 Å². The molecule has 2 atom stereocenters. The fourth-order valence-corrected chi connectivity index (χ4v) is 4.36. The standard InChI is InChI=1S/C14H25N3S/c15-14(17-6-8-18-9-7-17)16-13-10-12(13)11-4-2-1-3-5-11/h11-13H,1-10H2,(H2,15,16)/t12-,13+/m0/s1. The minimum atomic E-state index is 0.558. The highest BCUT2D eigenvalue weighted by Crippen LogP contribution is 2.46. The molecule has 3 fully saturated rings. The second-order valence-corrected chi connectivity index (χ2v) is 7.18. The van der Waals surface area contributed by atoms with Crippen LogP contribution in [0, 0.1) is 11.8 Å². The van der Waals surface area contributed by atoms with Crippen LogP contribution in [0.2, 0.25) is 0 Å². The fraction of sp³-hybridized carbons (Fsp3) is 0.929. The molecule has 0 aromatic rings. The third kappa shape index (κ3) is 2.95. The summed E-state index contributed by atoms with van der Waals surface area (Å²) in [6.07, 6.45) is 8.51. The number of aliphatic imine (C=N–C) groups is 1. The van der Waals surface area contributed by atoms with Gasteiger partial charge in [-0.1, -0.05) is 32.1 Å². The van der Waals surface area contributed by atoms with E-state index in [0.717, 1.165) is 30.9 Å². The first-order chi connectivity index (χ1) is 8.84. The van der Waals surface area contributed by atoms with E-state index in [-0.39, 0.29) is 0 Å². The van der Waals surface area contributed by atoms with Crippen molar-refractivity contribution < 1.29 is 0 Å². The minimum Gasteiger partial charge on any atom is -0.370 e. The molecule has 0 aromatic heterocycles. The third-order valence-electron chi connectivity index (χ3n) is 4.69. The van der Waals surface area contributed by atoms with Crippen molar-refractivity contribution in [2.24, 2.45) is 22.6 Å². The van der Waals surface area contributed by atoms with Crippen LogP contribution in [0.1, 0.15) is 38.5 Å². The molecule has 3 aliphatic rings. The second kappa shape index (κ2) is 5.72. The predicted molar refractivity (Wildman–Crippen MR) is 79.0 cm³/mol. The zero-order valence-electron chi connectivity index (χ0n) is 11.2. The molecule has 0 radical (unpaired) electrons. The molecule has 18 heavy (non-hydrogen) atoms. The summed E-state index contributed by atoms with van der Waals surface area (Å²) in [6.45, 7) is 2.17. The molecule has 4 heteroatoms. The molecule has 1 saturated heterocycles. The molecule has 3 rings (SSSR count). The summed E-state index contributed by atoms with van der Waals surface area (Å²) in [6, 6.07) is 0.558. The Labute approximate surface area is 115 Å². The number of nitrogens with two attached hydrogens (primary N) is 1. The average Bonchev–Trinajstić information content (AvgIpc) is 3.20. The van der Waals surface area contributed by atoms with Crippen molar-refractivity contribution in [2.45, 2.75) is 44.6 Å². The van der Waals surface area contributed by atoms with E-state index in [1.54, 1.807) is 0 Å². The monoisotopic (exact) mass is 267 g/mol. The Balaban J connectivity index is 1.50. The average molecular weight is 267 g/mol. The van der Waals surface area contributed by atoms with Crippen molar-refractivity contribution >= 4 is 17.7 Å². The van der Waals surface area contributed by atoms with Crippen LogP contribution in [0.4, 0.5) is 0 Å². The van der Waals surface area contributed by atoms with E-state index >= 15 is 0 Å². The van der Waals surface area contributed by atoms with E-state index in [1.165, 1.54) is 50.0 Å². The van der Waals surface area contributed by atoms with Crippen LogP contribution in [0.3, 0.4) is 0 Å². The number of hydrogen-bond donors (Lipinski definition) is 1. The highest BCUT2D eigenvalue weighted by Gasteiger charge is 2.43. The van der Waals surface area contributed by atoms with Gasteiger partial charge in [0.15, 0.2) is 5.96 Å². The Morgan fingerprint density at radius 3 is 2.56 bits per heavy atom. The molecule has 0 bridgehead atoms. The predicted octanol–water partition coefficient (Wildman–Crippen LogP) is 2.32. The van der Waals surface area contributed by atoms with E-state index in [2.05, 4.69) is 4.90 Å². The summed E-state index contributed by atoms with van der Waals surface area (Å²) < 4.78 is 0. The molecule has 1 aliphatic heterocycles. The largest absolute Gasteiger partial charge is 0.370 e. The summed E-state index contributed by atoms with van der Waals surface area (Å²) in [5.41, 5.74) is 6.15. The maximum Gasteiger partial charge on any atom is 0.191 e. The Morgan fingerprint density at radius 2 is 1.83 bits per heavy atom. The lowest BCUT2D eigenvalue weighted by atomic mass is 9.85. The van der Waals surface area contributed by atoms with Crippen LogP contribution in [0.5, 0.6) is 0 Å². The molecule has 0 unspecified atom stereocenters. The maximum atomic E-state index is 6.15. The van der Waals surface area contributed by atoms with E-state index < -0.39 is 0 Å². The zero-order valence-corrected chi connectivity index (χ0v) is 12.0. The van der Waals surface area contributed by atoms with Gasteiger partial charge in [-0.2, -0.15) is 11.8 Å². The van der Waals surface area contributed by atoms with Gasteiger partial charge in [-0.05, 0) is 18.3 Å². The summed E-state index contributed by atoms with van der Waals surface area (Å²) >= 11 is 2.02. The van der Waals surface area contributed by atoms with Crippen molar-refractivity contribution in [1.82, 2.24) is 4.90 Å². The molecule has 3 nitrogen and oxygen atoms in total. The Hall–Kier alpha value is -0.380. The van der Waals surface area contributed by atoms with Gasteiger partial charge >= 0.3 is 0 Å². The lowest BCUT2D eigenvalue weighted by Crippen LogP contribution is -2.42. The molecule has 0 aromatic carbocycles. The van der Waals surface area contributed by atoms with E-state index in [0.29, 0.717) is 6.04 Å². The molecule has 2 N–H and O–H groups in total. The van der Waals surface area contributed by atoms with Crippen LogP contribution in [-0.2, 0) is 0 Å². The molecular formula is C14H25N3S. The van der Waals surface area contributed by atoms with Crippen molar-refractivity contribution in [3.8, 4) is 0 Å². The molecule has 1 heterocycles. The van der Waals surface area contributed by atoms with Gasteiger partial charge in [0, 0.05) is 24.6 Å². The van der Waals surface area contributed by atoms with E-state index in [4.69, 9.17) is 10.7 Å². The number of hydrogen-bond acceptors (Lipinski definition) is 2. The summed E-state index contributed by atoms with van der Waals surface area (Å²) in [4.78, 5) is 7.05. The fourth-order valence-electron chi connectivity index (χ4n) is 3.46.